The van der Waals surface area contributed by atoms with E-state index in [-0.39, 0.29) is 17.9 Å². The standard InChI is InChI=1S/C19H25N3O5S2/c1-13-5-8-18(15(3)11-13)29(26,27)20-10-9-19(23)21-16-7-6-14(2)17(12-16)22-28(4,24)25/h5-8,11-12,20,22H,9-10H2,1-4H3,(H,21,23). The van der Waals surface area contributed by atoms with Crippen molar-refractivity contribution in [1.82, 2.24) is 4.72 Å². The second-order valence-electron chi connectivity index (χ2n) is 6.87. The number of carbonyl (C=O) groups excluding carboxylic acids is 1. The monoisotopic (exact) mass is 439 g/mol. The number of sulfonamides is 2. The molecule has 2 rings (SSSR count). The number of hydrogen-bond donors (Lipinski definition) is 3. The van der Waals surface area contributed by atoms with E-state index in [9.17, 15) is 21.6 Å². The summed E-state index contributed by atoms with van der Waals surface area (Å²) in [6.07, 6.45) is 0.965. The van der Waals surface area contributed by atoms with Gasteiger partial charge in [-0.2, -0.15) is 0 Å². The molecule has 0 bridgehead atoms. The third-order valence-electron chi connectivity index (χ3n) is 4.08. The van der Waals surface area contributed by atoms with Gasteiger partial charge >= 0.3 is 0 Å². The first-order chi connectivity index (χ1) is 13.4. The van der Waals surface area contributed by atoms with E-state index >= 15 is 0 Å². The minimum absolute atomic E-state index is 0.0677. The number of aryl methyl sites for hydroxylation is 3. The van der Waals surface area contributed by atoms with Gasteiger partial charge in [-0.15, -0.1) is 0 Å². The van der Waals surface area contributed by atoms with Crippen molar-refractivity contribution in [3.8, 4) is 0 Å². The van der Waals surface area contributed by atoms with Gasteiger partial charge in [0.25, 0.3) is 0 Å². The number of carbonyl (C=O) groups is 1. The van der Waals surface area contributed by atoms with Gasteiger partial charge in [0.05, 0.1) is 16.8 Å². The predicted octanol–water partition coefficient (Wildman–Crippen LogP) is 2.29. The molecule has 158 valence electrons. The molecular weight excluding hydrogens is 414 g/mol. The summed E-state index contributed by atoms with van der Waals surface area (Å²) in [7, 11) is -7.16. The molecule has 3 N–H and O–H groups in total. The summed E-state index contributed by atoms with van der Waals surface area (Å²) in [4.78, 5) is 12.3. The van der Waals surface area contributed by atoms with Crippen LogP contribution in [-0.4, -0.2) is 35.5 Å². The Balaban J connectivity index is 1.97. The number of amides is 1. The van der Waals surface area contributed by atoms with Gasteiger partial charge in [0.2, 0.25) is 26.0 Å². The topological polar surface area (TPSA) is 121 Å². The molecule has 0 radical (unpaired) electrons. The van der Waals surface area contributed by atoms with Gasteiger partial charge in [0, 0.05) is 18.7 Å². The van der Waals surface area contributed by atoms with Crippen molar-refractivity contribution in [1.29, 1.82) is 0 Å². The zero-order valence-corrected chi connectivity index (χ0v) is 18.4. The highest BCUT2D eigenvalue weighted by molar-refractivity contribution is 7.92. The Bertz CT molecular complexity index is 1130. The fourth-order valence-electron chi connectivity index (χ4n) is 2.71. The first-order valence-corrected chi connectivity index (χ1v) is 12.2. The fraction of sp³-hybridized carbons (Fsp3) is 0.316. The molecule has 0 spiro atoms. The van der Waals surface area contributed by atoms with Crippen molar-refractivity contribution >= 4 is 37.3 Å². The molecular formula is C19H25N3O5S2. The molecule has 0 unspecified atom stereocenters. The van der Waals surface area contributed by atoms with E-state index in [1.165, 1.54) is 12.1 Å². The minimum Gasteiger partial charge on any atom is -0.326 e. The van der Waals surface area contributed by atoms with Crippen LogP contribution >= 0.6 is 0 Å². The molecule has 0 atom stereocenters. The van der Waals surface area contributed by atoms with Crippen LogP contribution in [0.3, 0.4) is 0 Å². The van der Waals surface area contributed by atoms with Crippen molar-refractivity contribution in [3.63, 3.8) is 0 Å². The second kappa shape index (κ2) is 8.93. The van der Waals surface area contributed by atoms with E-state index in [0.717, 1.165) is 11.8 Å². The van der Waals surface area contributed by atoms with Crippen molar-refractivity contribution in [3.05, 3.63) is 53.1 Å². The number of hydrogen-bond acceptors (Lipinski definition) is 5. The largest absolute Gasteiger partial charge is 0.326 e. The third kappa shape index (κ3) is 6.84. The first-order valence-electron chi connectivity index (χ1n) is 8.82. The molecule has 0 aliphatic rings. The molecule has 2 aromatic rings. The maximum Gasteiger partial charge on any atom is 0.240 e. The van der Waals surface area contributed by atoms with Crippen molar-refractivity contribution < 1.29 is 21.6 Å². The van der Waals surface area contributed by atoms with Crippen LogP contribution in [0, 0.1) is 20.8 Å². The van der Waals surface area contributed by atoms with Gasteiger partial charge in [-0.3, -0.25) is 9.52 Å². The van der Waals surface area contributed by atoms with Crippen LogP contribution in [0.4, 0.5) is 11.4 Å². The van der Waals surface area contributed by atoms with Crippen molar-refractivity contribution in [2.24, 2.45) is 0 Å². The third-order valence-corrected chi connectivity index (χ3v) is 6.29. The van der Waals surface area contributed by atoms with Crippen LogP contribution in [0.15, 0.2) is 41.3 Å². The molecule has 0 aliphatic carbocycles. The quantitative estimate of drug-likeness (QED) is 0.583. The molecule has 0 saturated heterocycles. The Morgan fingerprint density at radius 1 is 0.931 bits per heavy atom. The Morgan fingerprint density at radius 3 is 2.24 bits per heavy atom. The van der Waals surface area contributed by atoms with Gasteiger partial charge in [0.1, 0.15) is 0 Å². The molecule has 0 heterocycles. The maximum absolute atomic E-state index is 12.4. The van der Waals surface area contributed by atoms with Crippen LogP contribution < -0.4 is 14.8 Å². The minimum atomic E-state index is -3.72. The zero-order valence-electron chi connectivity index (χ0n) is 16.7. The number of anilines is 2. The van der Waals surface area contributed by atoms with Crippen LogP contribution in [0.25, 0.3) is 0 Å². The highest BCUT2D eigenvalue weighted by atomic mass is 32.2. The Labute approximate surface area is 171 Å². The van der Waals surface area contributed by atoms with Gasteiger partial charge < -0.3 is 5.32 Å². The molecule has 2 aromatic carbocycles. The molecule has 8 nitrogen and oxygen atoms in total. The van der Waals surface area contributed by atoms with Crippen LogP contribution in [0.2, 0.25) is 0 Å². The summed E-state index contributed by atoms with van der Waals surface area (Å²) in [5.74, 6) is -0.400. The lowest BCUT2D eigenvalue weighted by Gasteiger charge is -2.12. The lowest BCUT2D eigenvalue weighted by Crippen LogP contribution is -2.28. The summed E-state index contributed by atoms with van der Waals surface area (Å²) in [6.45, 7) is 5.26. The average molecular weight is 440 g/mol. The first kappa shape index (κ1) is 22.9. The van der Waals surface area contributed by atoms with E-state index in [1.54, 1.807) is 38.1 Å². The number of rotatable bonds is 8. The van der Waals surface area contributed by atoms with Gasteiger partial charge in [-0.25, -0.2) is 21.6 Å². The van der Waals surface area contributed by atoms with Crippen molar-refractivity contribution in [2.45, 2.75) is 32.1 Å². The lowest BCUT2D eigenvalue weighted by molar-refractivity contribution is -0.116. The molecule has 0 aliphatic heterocycles. The van der Waals surface area contributed by atoms with Crippen molar-refractivity contribution in [2.75, 3.05) is 22.8 Å². The number of nitrogens with one attached hydrogen (secondary N) is 3. The summed E-state index contributed by atoms with van der Waals surface area (Å²) in [5, 5.41) is 2.63. The van der Waals surface area contributed by atoms with Crippen LogP contribution in [0.5, 0.6) is 0 Å². The highest BCUT2D eigenvalue weighted by Crippen LogP contribution is 2.21. The van der Waals surface area contributed by atoms with E-state index in [4.69, 9.17) is 0 Å². The SMILES string of the molecule is Cc1ccc(S(=O)(=O)NCCC(=O)Nc2ccc(C)c(NS(C)(=O)=O)c2)c(C)c1. The summed E-state index contributed by atoms with van der Waals surface area (Å²) in [6, 6.07) is 9.85. The summed E-state index contributed by atoms with van der Waals surface area (Å²) >= 11 is 0. The molecule has 0 aromatic heterocycles. The normalized spacial score (nSPS) is 11.9. The van der Waals surface area contributed by atoms with E-state index in [2.05, 4.69) is 14.8 Å². The molecule has 0 saturated carbocycles. The highest BCUT2D eigenvalue weighted by Gasteiger charge is 2.17. The van der Waals surface area contributed by atoms with E-state index in [1.807, 2.05) is 6.92 Å². The van der Waals surface area contributed by atoms with Gasteiger partial charge in [-0.1, -0.05) is 23.8 Å². The average Bonchev–Trinajstić information content (AvgIpc) is 2.56. The van der Waals surface area contributed by atoms with Crippen LogP contribution in [0.1, 0.15) is 23.1 Å². The predicted molar refractivity (Wildman–Crippen MR) is 114 cm³/mol. The summed E-state index contributed by atoms with van der Waals surface area (Å²) < 4.78 is 52.5. The van der Waals surface area contributed by atoms with E-state index in [0.29, 0.717) is 22.5 Å². The smallest absolute Gasteiger partial charge is 0.240 e. The Hall–Kier alpha value is -2.43. The zero-order chi connectivity index (χ0) is 21.8. The lowest BCUT2D eigenvalue weighted by atomic mass is 10.2. The van der Waals surface area contributed by atoms with E-state index < -0.39 is 26.0 Å². The van der Waals surface area contributed by atoms with Gasteiger partial charge in [0.15, 0.2) is 0 Å². The second-order valence-corrected chi connectivity index (χ2v) is 10.4. The fourth-order valence-corrected chi connectivity index (χ4v) is 4.59. The molecule has 1 amide bonds. The maximum atomic E-state index is 12.4. The number of benzene rings is 2. The summed E-state index contributed by atoms with van der Waals surface area (Å²) in [5.41, 5.74) is 3.07. The van der Waals surface area contributed by atoms with Gasteiger partial charge in [-0.05, 0) is 50.1 Å². The molecule has 10 heteroatoms. The molecule has 29 heavy (non-hydrogen) atoms. The molecule has 0 fully saturated rings. The Kier molecular flexibility index (Phi) is 7.04. The Morgan fingerprint density at radius 2 is 1.62 bits per heavy atom. The van der Waals surface area contributed by atoms with Crippen LogP contribution in [-0.2, 0) is 24.8 Å².